The third kappa shape index (κ3) is 3.13. The third-order valence-corrected chi connectivity index (χ3v) is 5.31. The van der Waals surface area contributed by atoms with E-state index in [1.54, 1.807) is 15.9 Å². The third-order valence-electron chi connectivity index (χ3n) is 4.27. The van der Waals surface area contributed by atoms with Crippen molar-refractivity contribution in [3.8, 4) is 0 Å². The quantitative estimate of drug-likeness (QED) is 0.842. The number of hydrogen-bond acceptors (Lipinski definition) is 6. The predicted molar refractivity (Wildman–Crippen MR) is 92.5 cm³/mol. The van der Waals surface area contributed by atoms with Crippen molar-refractivity contribution in [2.75, 3.05) is 25.1 Å². The molecule has 0 saturated carbocycles. The fraction of sp³-hybridized carbons (Fsp3) is 0.625. The predicted octanol–water partition coefficient (Wildman–Crippen LogP) is 1.91. The normalized spacial score (nSPS) is 18.0. The summed E-state index contributed by atoms with van der Waals surface area (Å²) in [6.07, 6.45) is 2.89. The molecule has 2 N–H and O–H groups in total. The molecule has 2 aromatic rings. The molecule has 0 spiro atoms. The molecule has 23 heavy (non-hydrogen) atoms. The van der Waals surface area contributed by atoms with E-state index in [0.29, 0.717) is 19.0 Å². The molecule has 3 heterocycles. The van der Waals surface area contributed by atoms with Crippen molar-refractivity contribution in [2.24, 2.45) is 0 Å². The average molecular weight is 337 g/mol. The first-order chi connectivity index (χ1) is 11.2. The highest BCUT2D eigenvalue weighted by Gasteiger charge is 2.22. The summed E-state index contributed by atoms with van der Waals surface area (Å²) in [5, 5.41) is 12.9. The van der Waals surface area contributed by atoms with Crippen molar-refractivity contribution in [3.05, 3.63) is 20.8 Å². The van der Waals surface area contributed by atoms with Crippen molar-refractivity contribution in [2.45, 2.75) is 45.8 Å². The summed E-state index contributed by atoms with van der Waals surface area (Å²) in [5.41, 5.74) is 1.09. The maximum atomic E-state index is 13.1. The Balaban J connectivity index is 2.11. The molecule has 2 aromatic heterocycles. The Morgan fingerprint density at radius 2 is 2.35 bits per heavy atom. The van der Waals surface area contributed by atoms with Gasteiger partial charge in [0, 0.05) is 18.0 Å². The number of nitrogens with one attached hydrogen (secondary N) is 1. The van der Waals surface area contributed by atoms with Crippen LogP contribution in [0.15, 0.2) is 4.79 Å². The largest absolute Gasteiger partial charge is 0.395 e. The van der Waals surface area contributed by atoms with Crippen molar-refractivity contribution >= 4 is 27.5 Å². The van der Waals surface area contributed by atoms with E-state index in [-0.39, 0.29) is 18.3 Å². The van der Waals surface area contributed by atoms with Crippen molar-refractivity contribution in [1.29, 1.82) is 0 Å². The number of aliphatic hydroxyl groups is 1. The monoisotopic (exact) mass is 337 g/mol. The summed E-state index contributed by atoms with van der Waals surface area (Å²) in [7, 11) is 0. The zero-order chi connectivity index (χ0) is 16.4. The minimum Gasteiger partial charge on any atom is -0.395 e. The summed E-state index contributed by atoms with van der Waals surface area (Å²) in [6, 6.07) is 0. The van der Waals surface area contributed by atoms with E-state index in [2.05, 4.69) is 17.2 Å². The second-order valence-electron chi connectivity index (χ2n) is 5.81. The molecule has 0 aliphatic carbocycles. The van der Waals surface area contributed by atoms with Crippen LogP contribution < -0.4 is 10.9 Å². The number of rotatable bonds is 6. The zero-order valence-corrected chi connectivity index (χ0v) is 14.4. The minimum absolute atomic E-state index is 0.00247. The van der Waals surface area contributed by atoms with Crippen LogP contribution >= 0.6 is 11.3 Å². The Morgan fingerprint density at radius 3 is 3.00 bits per heavy atom. The summed E-state index contributed by atoms with van der Waals surface area (Å²) in [4.78, 5) is 19.6. The maximum absolute atomic E-state index is 13.1. The SMILES string of the molecule is CCc1c(C)sc2nc(NCCO)n(C[C@H]3CCCO3)c(=O)c12. The number of aryl methyl sites for hydroxylation is 2. The summed E-state index contributed by atoms with van der Waals surface area (Å²) in [5.74, 6) is 0.524. The fourth-order valence-corrected chi connectivity index (χ4v) is 4.24. The van der Waals surface area contributed by atoms with E-state index < -0.39 is 0 Å². The highest BCUT2D eigenvalue weighted by molar-refractivity contribution is 7.18. The molecular formula is C16H23N3O3S. The first-order valence-corrected chi connectivity index (χ1v) is 8.96. The zero-order valence-electron chi connectivity index (χ0n) is 13.6. The van der Waals surface area contributed by atoms with Crippen LogP contribution in [-0.2, 0) is 17.7 Å². The van der Waals surface area contributed by atoms with Crippen LogP contribution in [0.25, 0.3) is 10.2 Å². The van der Waals surface area contributed by atoms with E-state index in [9.17, 15) is 4.79 Å². The standard InChI is InChI=1S/C16H23N3O3S/c1-3-12-10(2)23-14-13(12)15(21)19(9-11-5-4-8-22-11)16(18-14)17-6-7-20/h11,20H,3-9H2,1-2H3,(H,17,18)/t11-/m1/s1. The van der Waals surface area contributed by atoms with Gasteiger partial charge in [0.2, 0.25) is 5.95 Å². The number of anilines is 1. The maximum Gasteiger partial charge on any atom is 0.264 e. The molecule has 3 rings (SSSR count). The fourth-order valence-electron chi connectivity index (χ4n) is 3.14. The van der Waals surface area contributed by atoms with Crippen molar-refractivity contribution in [1.82, 2.24) is 9.55 Å². The van der Waals surface area contributed by atoms with Gasteiger partial charge < -0.3 is 15.2 Å². The van der Waals surface area contributed by atoms with E-state index >= 15 is 0 Å². The Hall–Kier alpha value is -1.44. The molecule has 1 aliphatic heterocycles. The van der Waals surface area contributed by atoms with Crippen LogP contribution in [0.1, 0.15) is 30.2 Å². The highest BCUT2D eigenvalue weighted by atomic mass is 32.1. The number of hydrogen-bond donors (Lipinski definition) is 2. The summed E-state index contributed by atoms with van der Waals surface area (Å²) in [6.45, 7) is 5.73. The number of aromatic nitrogens is 2. The van der Waals surface area contributed by atoms with Crippen LogP contribution in [0.2, 0.25) is 0 Å². The van der Waals surface area contributed by atoms with Gasteiger partial charge in [-0.25, -0.2) is 4.98 Å². The topological polar surface area (TPSA) is 76.4 Å². The van der Waals surface area contributed by atoms with Gasteiger partial charge in [0.1, 0.15) is 4.83 Å². The first kappa shape index (κ1) is 16.4. The smallest absolute Gasteiger partial charge is 0.264 e. The minimum atomic E-state index is -0.00728. The van der Waals surface area contributed by atoms with Crippen LogP contribution in [0.3, 0.4) is 0 Å². The van der Waals surface area contributed by atoms with Gasteiger partial charge in [0.25, 0.3) is 5.56 Å². The molecule has 1 aliphatic rings. The van der Waals surface area contributed by atoms with Gasteiger partial charge in [-0.3, -0.25) is 9.36 Å². The second kappa shape index (κ2) is 6.98. The molecular weight excluding hydrogens is 314 g/mol. The van der Waals surface area contributed by atoms with E-state index in [1.807, 2.05) is 6.92 Å². The van der Waals surface area contributed by atoms with E-state index in [4.69, 9.17) is 9.84 Å². The Kier molecular flexibility index (Phi) is 4.99. The van der Waals surface area contributed by atoms with Crippen LogP contribution in [0.5, 0.6) is 0 Å². The van der Waals surface area contributed by atoms with Crippen LogP contribution in [0.4, 0.5) is 5.95 Å². The average Bonchev–Trinajstić information content (AvgIpc) is 3.15. The Bertz CT molecular complexity index is 747. The summed E-state index contributed by atoms with van der Waals surface area (Å²) >= 11 is 1.56. The molecule has 0 radical (unpaired) electrons. The first-order valence-electron chi connectivity index (χ1n) is 8.14. The van der Waals surface area contributed by atoms with Gasteiger partial charge in [-0.2, -0.15) is 0 Å². The van der Waals surface area contributed by atoms with Crippen molar-refractivity contribution < 1.29 is 9.84 Å². The molecule has 1 atom stereocenters. The number of thiophene rings is 1. The van der Waals surface area contributed by atoms with Crippen LogP contribution in [0, 0.1) is 6.92 Å². The van der Waals surface area contributed by atoms with Gasteiger partial charge in [-0.1, -0.05) is 6.92 Å². The lowest BCUT2D eigenvalue weighted by Gasteiger charge is -2.16. The molecule has 126 valence electrons. The van der Waals surface area contributed by atoms with E-state index in [0.717, 1.165) is 46.5 Å². The number of fused-ring (bicyclic) bond motifs is 1. The lowest BCUT2D eigenvalue weighted by Crippen LogP contribution is -2.30. The van der Waals surface area contributed by atoms with Crippen LogP contribution in [-0.4, -0.2) is 40.5 Å². The molecule has 6 nitrogen and oxygen atoms in total. The highest BCUT2D eigenvalue weighted by Crippen LogP contribution is 2.28. The lowest BCUT2D eigenvalue weighted by molar-refractivity contribution is 0.0965. The number of ether oxygens (including phenoxy) is 1. The molecule has 1 fully saturated rings. The van der Waals surface area contributed by atoms with Gasteiger partial charge >= 0.3 is 0 Å². The summed E-state index contributed by atoms with van der Waals surface area (Å²) < 4.78 is 7.36. The molecule has 0 amide bonds. The van der Waals surface area contributed by atoms with Gasteiger partial charge in [0.15, 0.2) is 0 Å². The number of aliphatic hydroxyl groups excluding tert-OH is 1. The van der Waals surface area contributed by atoms with Gasteiger partial charge in [0.05, 0.1) is 24.6 Å². The Labute approximate surface area is 139 Å². The molecule has 0 bridgehead atoms. The number of nitrogens with zero attached hydrogens (tertiary/aromatic N) is 2. The molecule has 0 aromatic carbocycles. The molecule has 1 saturated heterocycles. The lowest BCUT2D eigenvalue weighted by atomic mass is 10.1. The Morgan fingerprint density at radius 1 is 1.52 bits per heavy atom. The van der Waals surface area contributed by atoms with Crippen molar-refractivity contribution in [3.63, 3.8) is 0 Å². The second-order valence-corrected chi connectivity index (χ2v) is 7.01. The molecule has 0 unspecified atom stereocenters. The van der Waals surface area contributed by atoms with Gasteiger partial charge in [-0.15, -0.1) is 11.3 Å². The van der Waals surface area contributed by atoms with E-state index in [1.165, 1.54) is 0 Å². The van der Waals surface area contributed by atoms with Gasteiger partial charge in [-0.05, 0) is 31.7 Å². The molecule has 7 heteroatoms.